The minimum Gasteiger partial charge on any atom is -0.497 e. The van der Waals surface area contributed by atoms with Crippen LogP contribution in [-0.2, 0) is 38.8 Å². The number of ketones is 1. The summed E-state index contributed by atoms with van der Waals surface area (Å²) < 4.78 is 23.7. The Balaban J connectivity index is 0.940. The van der Waals surface area contributed by atoms with Crippen LogP contribution in [0.5, 0.6) is 5.75 Å². The number of ether oxygens (including phenoxy) is 4. The molecule has 1 aromatic rings. The number of methoxy groups -OCH3 is 2. The standard InChI is InChI=1S/C45H58N2O9/c1-6-43-19-7-22-47-23-21-44(38(43)47)33-13-10-28(53-4)25-34(33)46(3)39(44)45(52,41(51)54-5)40(43)56-37(50)17-16-36(49)55-35-15-14-32-31-11-8-26-24-27(48)9-12-29(26)30(31)18-20-42(32,35)2/h7,10,13,19,24-25,29-32,35,38-40,52H,6,8-9,11-12,14-18,20-23H2,1-5H3/t29-,30+,31+,32-,35-,38-,39+,40+,42-,43+,44+,45-/m0/s1. The summed E-state index contributed by atoms with van der Waals surface area (Å²) in [7, 11) is 4.75. The van der Waals surface area contributed by atoms with Crippen molar-refractivity contribution in [3.63, 3.8) is 0 Å². The van der Waals surface area contributed by atoms with Crippen molar-refractivity contribution in [3.8, 4) is 5.75 Å². The van der Waals surface area contributed by atoms with Gasteiger partial charge in [-0.25, -0.2) is 4.79 Å². The molecule has 4 saturated carbocycles. The van der Waals surface area contributed by atoms with Crippen molar-refractivity contribution in [1.82, 2.24) is 4.90 Å². The van der Waals surface area contributed by atoms with Crippen LogP contribution in [0.4, 0.5) is 5.69 Å². The third-order valence-corrected chi connectivity index (χ3v) is 16.6. The number of benzene rings is 1. The molecule has 3 heterocycles. The number of esters is 3. The second kappa shape index (κ2) is 13.4. The maximum absolute atomic E-state index is 14.2. The van der Waals surface area contributed by atoms with Crippen LogP contribution in [0.1, 0.15) is 96.5 Å². The van der Waals surface area contributed by atoms with Crippen LogP contribution in [-0.4, -0.2) is 97.9 Å². The number of hydrogen-bond donors (Lipinski definition) is 1. The summed E-state index contributed by atoms with van der Waals surface area (Å²) in [4.78, 5) is 58.3. The van der Waals surface area contributed by atoms with Gasteiger partial charge in [-0.05, 0) is 106 Å². The first-order chi connectivity index (χ1) is 26.9. The fourth-order valence-corrected chi connectivity index (χ4v) is 14.4. The second-order valence-corrected chi connectivity index (χ2v) is 18.5. The van der Waals surface area contributed by atoms with Crippen LogP contribution < -0.4 is 9.64 Å². The van der Waals surface area contributed by atoms with Crippen molar-refractivity contribution in [2.24, 2.45) is 34.5 Å². The predicted octanol–water partition coefficient (Wildman–Crippen LogP) is 5.46. The number of rotatable bonds is 8. The second-order valence-electron chi connectivity index (χ2n) is 18.5. The number of allylic oxidation sites excluding steroid dienone is 1. The fourth-order valence-electron chi connectivity index (χ4n) is 14.4. The monoisotopic (exact) mass is 770 g/mol. The van der Waals surface area contributed by atoms with Crippen molar-refractivity contribution >= 4 is 29.4 Å². The van der Waals surface area contributed by atoms with Gasteiger partial charge in [-0.15, -0.1) is 0 Å². The summed E-state index contributed by atoms with van der Waals surface area (Å²) in [5.41, 5.74) is -0.701. The zero-order chi connectivity index (χ0) is 39.4. The highest BCUT2D eigenvalue weighted by Crippen LogP contribution is 2.68. The SMILES string of the molecule is CC[C@]12C=CCN3CC[C@@]4(c5ccc(OC)cc5N(C)[C@H]4[C@@](O)(C(=O)OC)[C@@H]1OC(=O)CCC(=O)O[C@H]1CC[C@H]4[C@@H]5CCC6=CC(=O)CC[C@@H]6[C@H]5CC[C@]14C)[C@@H]32. The molecular formula is C45H58N2O9. The van der Waals surface area contributed by atoms with E-state index in [9.17, 15) is 24.3 Å². The first kappa shape index (κ1) is 37.9. The van der Waals surface area contributed by atoms with Gasteiger partial charge in [0.1, 0.15) is 11.9 Å². The Kier molecular flexibility index (Phi) is 9.08. The zero-order valence-corrected chi connectivity index (χ0v) is 33.6. The quantitative estimate of drug-likeness (QED) is 0.206. The number of carbonyl (C=O) groups excluding carboxylic acids is 4. The van der Waals surface area contributed by atoms with Crippen LogP contribution in [0.3, 0.4) is 0 Å². The number of carbonyl (C=O) groups is 4. The van der Waals surface area contributed by atoms with Crippen molar-refractivity contribution in [1.29, 1.82) is 0 Å². The summed E-state index contributed by atoms with van der Waals surface area (Å²) in [6.45, 7) is 5.77. The van der Waals surface area contributed by atoms with Crippen LogP contribution in [0.2, 0.25) is 0 Å². The van der Waals surface area contributed by atoms with Crippen molar-refractivity contribution < 1.29 is 43.2 Å². The van der Waals surface area contributed by atoms with Gasteiger partial charge in [-0.1, -0.05) is 37.6 Å². The minimum absolute atomic E-state index is 0.114. The average Bonchev–Trinajstić information content (AvgIpc) is 3.84. The third-order valence-electron chi connectivity index (χ3n) is 16.6. The molecule has 0 radical (unpaired) electrons. The number of anilines is 1. The Bertz CT molecular complexity index is 1890. The summed E-state index contributed by atoms with van der Waals surface area (Å²) in [5.74, 6) is 1.17. The van der Waals surface area contributed by atoms with Gasteiger partial charge < -0.3 is 29.0 Å². The number of hydrogen-bond acceptors (Lipinski definition) is 11. The molecule has 9 rings (SSSR count). The topological polar surface area (TPSA) is 132 Å². The van der Waals surface area contributed by atoms with E-state index in [1.807, 2.05) is 37.1 Å². The number of likely N-dealkylation sites (N-methyl/N-ethyl adjacent to an activating group) is 1. The maximum atomic E-state index is 14.2. The molecule has 5 aliphatic carbocycles. The lowest BCUT2D eigenvalue weighted by Crippen LogP contribution is -2.81. The molecule has 11 nitrogen and oxygen atoms in total. The zero-order valence-electron chi connectivity index (χ0n) is 33.6. The molecule has 11 heteroatoms. The van der Waals surface area contributed by atoms with Crippen LogP contribution >= 0.6 is 0 Å². The molecule has 1 saturated heterocycles. The molecule has 12 atom stereocenters. The summed E-state index contributed by atoms with van der Waals surface area (Å²) in [5, 5.41) is 13.1. The number of nitrogens with zero attached hydrogens (tertiary/aromatic N) is 2. The van der Waals surface area contributed by atoms with Gasteiger partial charge in [0.2, 0.25) is 5.60 Å². The minimum atomic E-state index is -2.24. The Morgan fingerprint density at radius 3 is 2.48 bits per heavy atom. The van der Waals surface area contributed by atoms with Crippen molar-refractivity contribution in [2.45, 2.75) is 126 Å². The normalized spacial score (nSPS) is 41.6. The van der Waals surface area contributed by atoms with Gasteiger partial charge in [0.25, 0.3) is 0 Å². The van der Waals surface area contributed by atoms with Crippen LogP contribution in [0.15, 0.2) is 42.0 Å². The van der Waals surface area contributed by atoms with E-state index >= 15 is 0 Å². The summed E-state index contributed by atoms with van der Waals surface area (Å²) in [6, 6.07) is 4.96. The molecule has 3 aliphatic heterocycles. The van der Waals surface area contributed by atoms with E-state index in [0.29, 0.717) is 55.2 Å². The summed E-state index contributed by atoms with van der Waals surface area (Å²) in [6.07, 6.45) is 13.0. The molecular weight excluding hydrogens is 712 g/mol. The van der Waals surface area contributed by atoms with E-state index in [1.165, 1.54) is 12.7 Å². The lowest BCUT2D eigenvalue weighted by Gasteiger charge is -2.63. The third kappa shape index (κ3) is 5.07. The first-order valence-electron chi connectivity index (χ1n) is 21.1. The van der Waals surface area contributed by atoms with Gasteiger partial charge in [0.15, 0.2) is 11.9 Å². The molecule has 5 fully saturated rings. The highest BCUT2D eigenvalue weighted by molar-refractivity contribution is 5.91. The molecule has 1 spiro atoms. The van der Waals surface area contributed by atoms with Crippen molar-refractivity contribution in [3.05, 3.63) is 47.6 Å². The largest absolute Gasteiger partial charge is 0.497 e. The van der Waals surface area contributed by atoms with E-state index in [0.717, 1.165) is 62.7 Å². The molecule has 8 aliphatic rings. The summed E-state index contributed by atoms with van der Waals surface area (Å²) >= 11 is 0. The molecule has 0 bridgehead atoms. The Labute approximate surface area is 330 Å². The lowest BCUT2D eigenvalue weighted by atomic mass is 9.47. The Hall–Kier alpha value is -3.70. The highest BCUT2D eigenvalue weighted by Gasteiger charge is 2.80. The van der Waals surface area contributed by atoms with Crippen LogP contribution in [0.25, 0.3) is 0 Å². The molecule has 1 N–H and O–H groups in total. The van der Waals surface area contributed by atoms with Crippen LogP contribution in [0, 0.1) is 34.5 Å². The molecule has 0 unspecified atom stereocenters. The van der Waals surface area contributed by atoms with Crippen molar-refractivity contribution in [2.75, 3.05) is 39.3 Å². The molecule has 0 amide bonds. The van der Waals surface area contributed by atoms with E-state index in [-0.39, 0.29) is 36.2 Å². The highest BCUT2D eigenvalue weighted by atomic mass is 16.6. The van der Waals surface area contributed by atoms with Gasteiger partial charge >= 0.3 is 17.9 Å². The van der Waals surface area contributed by atoms with E-state index in [4.69, 9.17) is 18.9 Å². The molecule has 302 valence electrons. The van der Waals surface area contributed by atoms with E-state index < -0.39 is 46.5 Å². The van der Waals surface area contributed by atoms with Gasteiger partial charge in [-0.2, -0.15) is 0 Å². The number of aliphatic hydroxyl groups is 1. The average molecular weight is 771 g/mol. The van der Waals surface area contributed by atoms with Gasteiger partial charge in [0.05, 0.1) is 33.1 Å². The lowest BCUT2D eigenvalue weighted by molar-refractivity contribution is -0.229. The van der Waals surface area contributed by atoms with Gasteiger partial charge in [-0.3, -0.25) is 19.3 Å². The molecule has 56 heavy (non-hydrogen) atoms. The number of fused-ring (bicyclic) bond motifs is 6. The smallest absolute Gasteiger partial charge is 0.344 e. The Morgan fingerprint density at radius 1 is 0.946 bits per heavy atom. The van der Waals surface area contributed by atoms with E-state index in [2.05, 4.69) is 30.0 Å². The molecule has 0 aromatic heterocycles. The first-order valence-corrected chi connectivity index (χ1v) is 21.1. The maximum Gasteiger partial charge on any atom is 0.344 e. The Morgan fingerprint density at radius 2 is 1.73 bits per heavy atom. The predicted molar refractivity (Wildman–Crippen MR) is 207 cm³/mol. The van der Waals surface area contributed by atoms with E-state index in [1.54, 1.807) is 7.11 Å². The fraction of sp³-hybridized carbons (Fsp3) is 0.689. The molecule has 1 aromatic carbocycles. The van der Waals surface area contributed by atoms with Gasteiger partial charge in [0, 0.05) is 54.1 Å².